The molecule has 0 spiro atoms. The molecule has 1 saturated heterocycles. The van der Waals surface area contributed by atoms with E-state index in [4.69, 9.17) is 0 Å². The predicted molar refractivity (Wildman–Crippen MR) is 71.2 cm³/mol. The van der Waals surface area contributed by atoms with Crippen LogP contribution in [0.5, 0.6) is 0 Å². The van der Waals surface area contributed by atoms with E-state index < -0.39 is 5.51 Å². The fourth-order valence-electron chi connectivity index (χ4n) is 2.23. The van der Waals surface area contributed by atoms with Crippen molar-refractivity contribution < 1.29 is 13.2 Å². The largest absolute Gasteiger partial charge is 0.446 e. The Morgan fingerprint density at radius 2 is 1.74 bits per heavy atom. The molecule has 1 N–H and O–H groups in total. The second-order valence-electron chi connectivity index (χ2n) is 4.58. The zero-order chi connectivity index (χ0) is 13.9. The Balaban J connectivity index is 2.01. The van der Waals surface area contributed by atoms with Crippen LogP contribution < -0.4 is 5.32 Å². The van der Waals surface area contributed by atoms with E-state index in [1.54, 1.807) is 24.3 Å². The van der Waals surface area contributed by atoms with Gasteiger partial charge in [-0.3, -0.25) is 4.90 Å². The molecular formula is C13H17F3N2S. The Morgan fingerprint density at radius 1 is 1.16 bits per heavy atom. The summed E-state index contributed by atoms with van der Waals surface area (Å²) < 4.78 is 36.7. The van der Waals surface area contributed by atoms with Gasteiger partial charge in [0.25, 0.3) is 0 Å². The molecule has 1 atom stereocenters. The lowest BCUT2D eigenvalue weighted by Gasteiger charge is -2.33. The number of benzene rings is 1. The maximum atomic E-state index is 12.2. The Labute approximate surface area is 115 Å². The number of hydrogen-bond donors (Lipinski definition) is 1. The first-order valence-electron chi connectivity index (χ1n) is 6.26. The van der Waals surface area contributed by atoms with Gasteiger partial charge in [0.05, 0.1) is 0 Å². The van der Waals surface area contributed by atoms with Crippen LogP contribution in [0.15, 0.2) is 29.2 Å². The maximum absolute atomic E-state index is 12.2. The quantitative estimate of drug-likeness (QED) is 0.860. The molecule has 0 aliphatic carbocycles. The molecule has 1 heterocycles. The van der Waals surface area contributed by atoms with Gasteiger partial charge in [-0.15, -0.1) is 0 Å². The Hall–Kier alpha value is -0.720. The van der Waals surface area contributed by atoms with Crippen LogP contribution in [0.3, 0.4) is 0 Å². The number of nitrogens with one attached hydrogen (secondary N) is 1. The van der Waals surface area contributed by atoms with E-state index in [0.717, 1.165) is 31.7 Å². The molecule has 0 amide bonds. The van der Waals surface area contributed by atoms with E-state index in [1.807, 2.05) is 0 Å². The molecule has 1 aliphatic rings. The second-order valence-corrected chi connectivity index (χ2v) is 5.72. The van der Waals surface area contributed by atoms with Crippen LogP contribution in [-0.2, 0) is 0 Å². The van der Waals surface area contributed by atoms with Gasteiger partial charge in [-0.1, -0.05) is 12.1 Å². The van der Waals surface area contributed by atoms with Crippen LogP contribution in [-0.4, -0.2) is 36.6 Å². The number of piperazine rings is 1. The SMILES string of the molecule is C[C@H](c1ccc(SC(F)(F)F)cc1)N1CCNCC1. The number of rotatable bonds is 3. The first kappa shape index (κ1) is 14.7. The van der Waals surface area contributed by atoms with E-state index in [9.17, 15) is 13.2 Å². The highest BCUT2D eigenvalue weighted by Gasteiger charge is 2.29. The predicted octanol–water partition coefficient (Wildman–Crippen LogP) is 3.26. The summed E-state index contributed by atoms with van der Waals surface area (Å²) in [6.45, 7) is 5.97. The molecule has 1 aromatic rings. The highest BCUT2D eigenvalue weighted by Crippen LogP contribution is 2.37. The zero-order valence-electron chi connectivity index (χ0n) is 10.7. The van der Waals surface area contributed by atoms with Gasteiger partial charge in [0.15, 0.2) is 0 Å². The van der Waals surface area contributed by atoms with Crippen molar-refractivity contribution in [3.63, 3.8) is 0 Å². The molecule has 2 rings (SSSR count). The lowest BCUT2D eigenvalue weighted by atomic mass is 10.1. The van der Waals surface area contributed by atoms with Gasteiger partial charge in [0.1, 0.15) is 0 Å². The summed E-state index contributed by atoms with van der Waals surface area (Å²) in [4.78, 5) is 2.58. The third kappa shape index (κ3) is 4.40. The lowest BCUT2D eigenvalue weighted by molar-refractivity contribution is -0.0328. The minimum atomic E-state index is -4.22. The molecule has 0 saturated carbocycles. The van der Waals surface area contributed by atoms with E-state index in [-0.39, 0.29) is 22.7 Å². The fraction of sp³-hybridized carbons (Fsp3) is 0.538. The van der Waals surface area contributed by atoms with Crippen LogP contribution in [0.4, 0.5) is 13.2 Å². The zero-order valence-corrected chi connectivity index (χ0v) is 11.5. The van der Waals surface area contributed by atoms with E-state index in [0.29, 0.717) is 0 Å². The van der Waals surface area contributed by atoms with Gasteiger partial charge in [-0.05, 0) is 36.4 Å². The minimum absolute atomic E-state index is 0.0669. The highest BCUT2D eigenvalue weighted by atomic mass is 32.2. The summed E-state index contributed by atoms with van der Waals surface area (Å²) in [5.74, 6) is 0. The van der Waals surface area contributed by atoms with Gasteiger partial charge < -0.3 is 5.32 Å². The average Bonchev–Trinajstić information content (AvgIpc) is 2.38. The third-order valence-electron chi connectivity index (χ3n) is 3.30. The van der Waals surface area contributed by atoms with Crippen molar-refractivity contribution in [2.75, 3.05) is 26.2 Å². The molecule has 19 heavy (non-hydrogen) atoms. The molecule has 0 radical (unpaired) electrons. The molecule has 0 bridgehead atoms. The normalized spacial score (nSPS) is 19.4. The molecule has 0 aromatic heterocycles. The maximum Gasteiger partial charge on any atom is 0.446 e. The summed E-state index contributed by atoms with van der Waals surface area (Å²) in [6, 6.07) is 6.92. The summed E-state index contributed by atoms with van der Waals surface area (Å²) in [5.41, 5.74) is -3.15. The molecule has 6 heteroatoms. The monoisotopic (exact) mass is 290 g/mol. The third-order valence-corrected chi connectivity index (χ3v) is 4.03. The van der Waals surface area contributed by atoms with Crippen molar-refractivity contribution in [1.82, 2.24) is 10.2 Å². The van der Waals surface area contributed by atoms with Crippen LogP contribution >= 0.6 is 11.8 Å². The number of halogens is 3. The summed E-state index contributed by atoms with van der Waals surface area (Å²) >= 11 is -0.0669. The first-order chi connectivity index (χ1) is 8.96. The molecule has 2 nitrogen and oxygen atoms in total. The summed E-state index contributed by atoms with van der Waals surface area (Å²) in [6.07, 6.45) is 0. The first-order valence-corrected chi connectivity index (χ1v) is 7.08. The van der Waals surface area contributed by atoms with Crippen molar-refractivity contribution in [2.45, 2.75) is 23.4 Å². The van der Waals surface area contributed by atoms with Crippen molar-refractivity contribution in [3.8, 4) is 0 Å². The van der Waals surface area contributed by atoms with Crippen LogP contribution in [0.2, 0.25) is 0 Å². The van der Waals surface area contributed by atoms with Crippen LogP contribution in [0.25, 0.3) is 0 Å². The Bertz CT molecular complexity index is 399. The van der Waals surface area contributed by atoms with Gasteiger partial charge >= 0.3 is 5.51 Å². The molecular weight excluding hydrogens is 273 g/mol. The lowest BCUT2D eigenvalue weighted by Crippen LogP contribution is -2.44. The second kappa shape index (κ2) is 6.15. The molecule has 106 valence electrons. The fourth-order valence-corrected chi connectivity index (χ4v) is 2.77. The van der Waals surface area contributed by atoms with Crippen LogP contribution in [0, 0.1) is 0 Å². The number of hydrogen-bond acceptors (Lipinski definition) is 3. The number of thioether (sulfide) groups is 1. The molecule has 1 aromatic carbocycles. The van der Waals surface area contributed by atoms with E-state index >= 15 is 0 Å². The minimum Gasteiger partial charge on any atom is -0.314 e. The topological polar surface area (TPSA) is 15.3 Å². The van der Waals surface area contributed by atoms with Crippen molar-refractivity contribution in [1.29, 1.82) is 0 Å². The average molecular weight is 290 g/mol. The number of alkyl halides is 3. The van der Waals surface area contributed by atoms with E-state index in [1.165, 1.54) is 0 Å². The van der Waals surface area contributed by atoms with Gasteiger partial charge in [-0.25, -0.2) is 0 Å². The summed E-state index contributed by atoms with van der Waals surface area (Å²) in [5, 5.41) is 3.29. The Morgan fingerprint density at radius 3 is 2.26 bits per heavy atom. The highest BCUT2D eigenvalue weighted by molar-refractivity contribution is 8.00. The van der Waals surface area contributed by atoms with Gasteiger partial charge in [-0.2, -0.15) is 13.2 Å². The standard InChI is InChI=1S/C13H17F3N2S/c1-10(18-8-6-17-7-9-18)11-2-4-12(5-3-11)19-13(14,15)16/h2-5,10,17H,6-9H2,1H3/t10-/m1/s1. The summed E-state index contributed by atoms with van der Waals surface area (Å²) in [7, 11) is 0. The Kier molecular flexibility index (Phi) is 4.76. The van der Waals surface area contributed by atoms with E-state index in [2.05, 4.69) is 17.1 Å². The molecule has 1 aliphatic heterocycles. The van der Waals surface area contributed by atoms with Gasteiger partial charge in [0, 0.05) is 37.1 Å². The molecule has 0 unspecified atom stereocenters. The number of nitrogens with zero attached hydrogens (tertiary/aromatic N) is 1. The van der Waals surface area contributed by atoms with Crippen LogP contribution in [0.1, 0.15) is 18.5 Å². The van der Waals surface area contributed by atoms with Crippen molar-refractivity contribution >= 4 is 11.8 Å². The molecule has 1 fully saturated rings. The van der Waals surface area contributed by atoms with Crippen molar-refractivity contribution in [2.24, 2.45) is 0 Å². The van der Waals surface area contributed by atoms with Crippen molar-refractivity contribution in [3.05, 3.63) is 29.8 Å². The smallest absolute Gasteiger partial charge is 0.314 e. The van der Waals surface area contributed by atoms with Gasteiger partial charge in [0.2, 0.25) is 0 Å².